The molecule has 1 fully saturated rings. The molecule has 1 saturated carbocycles. The van der Waals surface area contributed by atoms with Gasteiger partial charge in [0.05, 0.1) is 17.6 Å². The monoisotopic (exact) mass is 460 g/mol. The summed E-state index contributed by atoms with van der Waals surface area (Å²) in [4.78, 5) is 19.2. The Morgan fingerprint density at radius 3 is 2.53 bits per heavy atom. The maximum absolute atomic E-state index is 12.7. The summed E-state index contributed by atoms with van der Waals surface area (Å²) < 4.78 is 40.8. The molecule has 0 radical (unpaired) electrons. The number of nitrogens with zero attached hydrogens (tertiary/aromatic N) is 1. The van der Waals surface area contributed by atoms with Crippen molar-refractivity contribution in [3.05, 3.63) is 42.5 Å². The lowest BCUT2D eigenvalue weighted by atomic mass is 10.3. The van der Waals surface area contributed by atoms with E-state index >= 15 is 0 Å². The summed E-state index contributed by atoms with van der Waals surface area (Å²) in [6, 6.07) is 10.8. The van der Waals surface area contributed by atoms with Crippen LogP contribution in [0.15, 0.2) is 47.4 Å². The number of nitrogens with one attached hydrogen (secondary N) is 3. The number of amides is 1. The molecule has 0 bridgehead atoms. The molecule has 3 aromatic rings. The minimum absolute atomic E-state index is 0.0117. The van der Waals surface area contributed by atoms with E-state index in [4.69, 9.17) is 13.7 Å². The number of fused-ring (bicyclic) bond motifs is 1. The predicted octanol–water partition coefficient (Wildman–Crippen LogP) is 2.71. The fourth-order valence-electron chi connectivity index (χ4n) is 3.04. The van der Waals surface area contributed by atoms with Gasteiger partial charge in [0.15, 0.2) is 6.29 Å². The Morgan fingerprint density at radius 1 is 1.16 bits per heavy atom. The van der Waals surface area contributed by atoms with Crippen molar-refractivity contribution in [2.45, 2.75) is 24.0 Å². The van der Waals surface area contributed by atoms with Gasteiger partial charge >= 0.3 is 10.1 Å². The summed E-state index contributed by atoms with van der Waals surface area (Å²) in [5.74, 6) is 0.426. The summed E-state index contributed by atoms with van der Waals surface area (Å²) in [6.07, 6.45) is 1.36. The fourth-order valence-corrected chi connectivity index (χ4v) is 3.96. The number of hydrogen-bond acceptors (Lipinski definition) is 8. The van der Waals surface area contributed by atoms with E-state index in [9.17, 15) is 13.2 Å². The maximum Gasteiger partial charge on any atom is 0.339 e. The number of hydrogen-bond donors (Lipinski definition) is 3. The largest absolute Gasteiger partial charge is 0.380 e. The molecular weight excluding hydrogens is 436 g/mol. The van der Waals surface area contributed by atoms with Crippen molar-refractivity contribution in [3.8, 4) is 5.75 Å². The minimum atomic E-state index is -4.04. The number of carbonyl (C=O) groups excluding carboxylic acids is 1. The highest BCUT2D eigenvalue weighted by atomic mass is 32.2. The topological polar surface area (TPSA) is 132 Å². The lowest BCUT2D eigenvalue weighted by Crippen LogP contribution is -2.23. The van der Waals surface area contributed by atoms with Gasteiger partial charge in [-0.2, -0.15) is 8.42 Å². The first kappa shape index (κ1) is 22.1. The molecule has 0 aliphatic heterocycles. The fraction of sp³-hybridized carbons (Fsp3) is 0.333. The number of H-pyrrole nitrogens is 1. The van der Waals surface area contributed by atoms with Crippen molar-refractivity contribution < 1.29 is 26.9 Å². The molecule has 4 rings (SSSR count). The zero-order valence-corrected chi connectivity index (χ0v) is 18.4. The molecule has 1 amide bonds. The van der Waals surface area contributed by atoms with Crippen molar-refractivity contribution in [1.82, 2.24) is 9.97 Å². The number of benzene rings is 2. The van der Waals surface area contributed by atoms with Crippen molar-refractivity contribution in [3.63, 3.8) is 0 Å². The number of aromatic nitrogens is 2. The molecule has 11 heteroatoms. The summed E-state index contributed by atoms with van der Waals surface area (Å²) in [7, 11) is -0.968. The average Bonchev–Trinajstić information content (AvgIpc) is 3.55. The van der Waals surface area contributed by atoms with E-state index in [-0.39, 0.29) is 22.5 Å². The summed E-state index contributed by atoms with van der Waals surface area (Å²) in [6.45, 7) is 0.405. The van der Waals surface area contributed by atoms with Crippen LogP contribution in [-0.2, 0) is 24.4 Å². The number of imidazole rings is 1. The van der Waals surface area contributed by atoms with Crippen LogP contribution >= 0.6 is 0 Å². The van der Waals surface area contributed by atoms with E-state index in [1.165, 1.54) is 38.5 Å². The quantitative estimate of drug-likeness (QED) is 0.311. The van der Waals surface area contributed by atoms with Crippen LogP contribution < -0.4 is 14.8 Å². The highest BCUT2D eigenvalue weighted by Gasteiger charge is 2.30. The second kappa shape index (κ2) is 9.15. The molecule has 1 aliphatic rings. The molecule has 0 atom stereocenters. The van der Waals surface area contributed by atoms with Crippen LogP contribution in [0.1, 0.15) is 12.8 Å². The van der Waals surface area contributed by atoms with Crippen LogP contribution in [0.5, 0.6) is 5.75 Å². The van der Waals surface area contributed by atoms with Gasteiger partial charge in [0.1, 0.15) is 10.6 Å². The lowest BCUT2D eigenvalue weighted by molar-refractivity contribution is -0.117. The molecule has 170 valence electrons. The van der Waals surface area contributed by atoms with Gasteiger partial charge in [-0.25, -0.2) is 4.98 Å². The van der Waals surface area contributed by atoms with E-state index in [0.29, 0.717) is 29.2 Å². The Bertz CT molecular complexity index is 1200. The number of aromatic amines is 1. The van der Waals surface area contributed by atoms with Crippen molar-refractivity contribution in [2.75, 3.05) is 31.4 Å². The number of carbonyl (C=O) groups is 1. The van der Waals surface area contributed by atoms with Crippen LogP contribution in [0, 0.1) is 5.92 Å². The number of methoxy groups -OCH3 is 2. The van der Waals surface area contributed by atoms with Crippen LogP contribution in [0.3, 0.4) is 0 Å². The molecule has 0 saturated heterocycles. The van der Waals surface area contributed by atoms with Crippen LogP contribution in [0.25, 0.3) is 11.0 Å². The molecule has 1 aromatic heterocycles. The first-order valence-electron chi connectivity index (χ1n) is 10.0. The van der Waals surface area contributed by atoms with E-state index < -0.39 is 16.4 Å². The van der Waals surface area contributed by atoms with Gasteiger partial charge in [-0.05, 0) is 49.2 Å². The van der Waals surface area contributed by atoms with E-state index in [2.05, 4.69) is 20.6 Å². The standard InChI is InChI=1S/C21H24N4O6S/c1-29-19(30-2)12-22-14-5-8-16(9-6-14)32(27,28)31-15-7-10-17-18(11-15)24-21(23-17)25-20(26)13-3-4-13/h5-11,13,19,22H,3-4,12H2,1-2H3,(H2,23,24,25,26). The molecule has 10 nitrogen and oxygen atoms in total. The molecule has 0 unspecified atom stereocenters. The van der Waals surface area contributed by atoms with Gasteiger partial charge in [-0.3, -0.25) is 10.1 Å². The van der Waals surface area contributed by atoms with Crippen molar-refractivity contribution >= 4 is 38.7 Å². The van der Waals surface area contributed by atoms with Gasteiger partial charge in [0, 0.05) is 31.9 Å². The Hall–Kier alpha value is -3.15. The predicted molar refractivity (Wildman–Crippen MR) is 118 cm³/mol. The van der Waals surface area contributed by atoms with Crippen molar-refractivity contribution in [1.29, 1.82) is 0 Å². The smallest absolute Gasteiger partial charge is 0.339 e. The van der Waals surface area contributed by atoms with E-state index in [1.807, 2.05) is 0 Å². The van der Waals surface area contributed by atoms with Crippen LogP contribution in [0.4, 0.5) is 11.6 Å². The van der Waals surface area contributed by atoms with E-state index in [0.717, 1.165) is 12.8 Å². The Morgan fingerprint density at radius 2 is 1.88 bits per heavy atom. The normalized spacial score (nSPS) is 14.0. The summed E-state index contributed by atoms with van der Waals surface area (Å²) in [5.41, 5.74) is 1.85. The van der Waals surface area contributed by atoms with Gasteiger partial charge in [-0.15, -0.1) is 0 Å². The van der Waals surface area contributed by atoms with Gasteiger partial charge < -0.3 is 24.0 Å². The van der Waals surface area contributed by atoms with Gasteiger partial charge in [0.25, 0.3) is 0 Å². The third-order valence-electron chi connectivity index (χ3n) is 4.99. The number of rotatable bonds is 10. The number of ether oxygens (including phenoxy) is 2. The number of anilines is 2. The molecule has 32 heavy (non-hydrogen) atoms. The summed E-state index contributed by atoms with van der Waals surface area (Å²) in [5, 5.41) is 5.82. The first-order valence-corrected chi connectivity index (χ1v) is 11.4. The third-order valence-corrected chi connectivity index (χ3v) is 6.25. The minimum Gasteiger partial charge on any atom is -0.380 e. The van der Waals surface area contributed by atoms with Gasteiger partial charge in [-0.1, -0.05) is 0 Å². The van der Waals surface area contributed by atoms with E-state index in [1.54, 1.807) is 18.2 Å². The highest BCUT2D eigenvalue weighted by Crippen LogP contribution is 2.30. The molecule has 1 heterocycles. The Balaban J connectivity index is 1.43. The van der Waals surface area contributed by atoms with Crippen LogP contribution in [-0.4, -0.2) is 51.3 Å². The van der Waals surface area contributed by atoms with Gasteiger partial charge in [0.2, 0.25) is 11.9 Å². The van der Waals surface area contributed by atoms with Crippen molar-refractivity contribution in [2.24, 2.45) is 5.92 Å². The SMILES string of the molecule is COC(CNc1ccc(S(=O)(=O)Oc2ccc3[nH]c(NC(=O)C4CC4)nc3c2)cc1)OC. The summed E-state index contributed by atoms with van der Waals surface area (Å²) >= 11 is 0. The molecule has 3 N–H and O–H groups in total. The molecular formula is C21H24N4O6S. The highest BCUT2D eigenvalue weighted by molar-refractivity contribution is 7.87. The average molecular weight is 461 g/mol. The second-order valence-electron chi connectivity index (χ2n) is 7.37. The maximum atomic E-state index is 12.7. The zero-order valence-electron chi connectivity index (χ0n) is 17.6. The molecule has 1 aliphatic carbocycles. The first-order chi connectivity index (χ1) is 15.4. The molecule has 2 aromatic carbocycles. The third kappa shape index (κ3) is 5.18. The zero-order chi connectivity index (χ0) is 22.7. The Kier molecular flexibility index (Phi) is 6.31. The molecule has 0 spiro atoms. The second-order valence-corrected chi connectivity index (χ2v) is 8.92. The Labute approximate surface area is 185 Å². The van der Waals surface area contributed by atoms with Crippen LogP contribution in [0.2, 0.25) is 0 Å². The lowest BCUT2D eigenvalue weighted by Gasteiger charge is -2.15.